The third-order valence-corrected chi connectivity index (χ3v) is 5.28. The summed E-state index contributed by atoms with van der Waals surface area (Å²) in [5, 5.41) is 0. The van der Waals surface area contributed by atoms with Crippen LogP contribution in [0.1, 0.15) is 49.5 Å². The number of amides is 1. The van der Waals surface area contributed by atoms with Crippen LogP contribution in [0.2, 0.25) is 0 Å². The molecule has 0 unspecified atom stereocenters. The first kappa shape index (κ1) is 20.3. The van der Waals surface area contributed by atoms with Crippen LogP contribution in [0, 0.1) is 0 Å². The average molecular weight is 409 g/mol. The Morgan fingerprint density at radius 2 is 1.93 bits per heavy atom. The van der Waals surface area contributed by atoms with Gasteiger partial charge in [0.1, 0.15) is 29.3 Å². The molecule has 0 aliphatic carbocycles. The van der Waals surface area contributed by atoms with Crippen LogP contribution in [0.25, 0.3) is 0 Å². The lowest BCUT2D eigenvalue weighted by Gasteiger charge is -2.35. The fourth-order valence-electron chi connectivity index (χ4n) is 3.86. The van der Waals surface area contributed by atoms with Crippen LogP contribution in [0.3, 0.4) is 0 Å². The van der Waals surface area contributed by atoms with E-state index in [0.717, 1.165) is 5.56 Å². The standard InChI is InChI=1S/C24H27NO5/c1-23(2,3)30-22(27)25-12-11-24(16-25)14-20(26)19-13-18(9-10-21(19)29-24)28-15-17-7-5-4-6-8-17/h4-10,13H,11-12,14-16H2,1-3H3/t24-/m0/s1. The maximum absolute atomic E-state index is 12.9. The number of ketones is 1. The van der Waals surface area contributed by atoms with Crippen molar-refractivity contribution < 1.29 is 23.8 Å². The summed E-state index contributed by atoms with van der Waals surface area (Å²) >= 11 is 0. The van der Waals surface area contributed by atoms with Gasteiger partial charge in [-0.2, -0.15) is 0 Å². The molecular formula is C24H27NO5. The van der Waals surface area contributed by atoms with Gasteiger partial charge in [0, 0.05) is 13.0 Å². The second-order valence-electron chi connectivity index (χ2n) is 8.97. The van der Waals surface area contributed by atoms with E-state index >= 15 is 0 Å². The molecule has 158 valence electrons. The number of likely N-dealkylation sites (tertiary alicyclic amines) is 1. The van der Waals surface area contributed by atoms with E-state index in [9.17, 15) is 9.59 Å². The summed E-state index contributed by atoms with van der Waals surface area (Å²) in [5.74, 6) is 1.18. The summed E-state index contributed by atoms with van der Waals surface area (Å²) in [6, 6.07) is 15.2. The van der Waals surface area contributed by atoms with Gasteiger partial charge in [0.2, 0.25) is 0 Å². The molecule has 1 amide bonds. The normalized spacial score (nSPS) is 20.6. The summed E-state index contributed by atoms with van der Waals surface area (Å²) in [5.41, 5.74) is 0.346. The Balaban J connectivity index is 1.44. The fourth-order valence-corrected chi connectivity index (χ4v) is 3.86. The SMILES string of the molecule is CC(C)(C)OC(=O)N1CC[C@]2(CC(=O)c3cc(OCc4ccccc4)ccc3O2)C1. The first-order valence-corrected chi connectivity index (χ1v) is 10.2. The predicted molar refractivity (Wildman–Crippen MR) is 112 cm³/mol. The van der Waals surface area contributed by atoms with E-state index < -0.39 is 11.2 Å². The first-order chi connectivity index (χ1) is 14.2. The molecule has 0 bridgehead atoms. The lowest BCUT2D eigenvalue weighted by Crippen LogP contribution is -2.46. The highest BCUT2D eigenvalue weighted by atomic mass is 16.6. The van der Waals surface area contributed by atoms with Crippen LogP contribution in [0.4, 0.5) is 4.79 Å². The molecule has 1 saturated heterocycles. The average Bonchev–Trinajstić information content (AvgIpc) is 3.09. The minimum atomic E-state index is -0.687. The maximum atomic E-state index is 12.9. The number of fused-ring (bicyclic) bond motifs is 1. The van der Waals surface area contributed by atoms with Gasteiger partial charge in [-0.25, -0.2) is 4.79 Å². The molecule has 1 atom stereocenters. The number of benzene rings is 2. The zero-order valence-corrected chi connectivity index (χ0v) is 17.6. The number of carbonyl (C=O) groups excluding carboxylic acids is 2. The van der Waals surface area contributed by atoms with Crippen molar-refractivity contribution in [1.29, 1.82) is 0 Å². The Kier molecular flexibility index (Phi) is 5.18. The number of hydrogen-bond donors (Lipinski definition) is 0. The molecule has 30 heavy (non-hydrogen) atoms. The molecule has 0 N–H and O–H groups in total. The number of ether oxygens (including phenoxy) is 3. The molecule has 2 heterocycles. The largest absolute Gasteiger partial charge is 0.489 e. The van der Waals surface area contributed by atoms with Gasteiger partial charge < -0.3 is 19.1 Å². The van der Waals surface area contributed by atoms with Crippen LogP contribution < -0.4 is 9.47 Å². The van der Waals surface area contributed by atoms with Crippen LogP contribution in [-0.4, -0.2) is 41.1 Å². The van der Waals surface area contributed by atoms with Crippen molar-refractivity contribution in [2.24, 2.45) is 0 Å². The van der Waals surface area contributed by atoms with E-state index in [1.165, 1.54) is 0 Å². The summed E-state index contributed by atoms with van der Waals surface area (Å²) in [7, 11) is 0. The molecular weight excluding hydrogens is 382 g/mol. The summed E-state index contributed by atoms with van der Waals surface area (Å²) in [4.78, 5) is 26.9. The van der Waals surface area contributed by atoms with Crippen molar-refractivity contribution in [1.82, 2.24) is 4.90 Å². The van der Waals surface area contributed by atoms with Gasteiger partial charge in [-0.05, 0) is 44.5 Å². The Morgan fingerprint density at radius 1 is 1.17 bits per heavy atom. The Labute approximate surface area is 176 Å². The molecule has 2 aliphatic heterocycles. The summed E-state index contributed by atoms with van der Waals surface area (Å²) in [6.45, 7) is 6.81. The molecule has 1 spiro atoms. The van der Waals surface area contributed by atoms with Crippen molar-refractivity contribution in [3.05, 3.63) is 59.7 Å². The fraction of sp³-hybridized carbons (Fsp3) is 0.417. The van der Waals surface area contributed by atoms with Crippen LogP contribution >= 0.6 is 0 Å². The minimum absolute atomic E-state index is 0.00690. The van der Waals surface area contributed by atoms with Crippen LogP contribution in [0.5, 0.6) is 11.5 Å². The van der Waals surface area contributed by atoms with Gasteiger partial charge in [-0.15, -0.1) is 0 Å². The summed E-state index contributed by atoms with van der Waals surface area (Å²) in [6.07, 6.45) is 0.469. The smallest absolute Gasteiger partial charge is 0.410 e. The molecule has 6 nitrogen and oxygen atoms in total. The number of hydrogen-bond acceptors (Lipinski definition) is 5. The number of carbonyl (C=O) groups is 2. The molecule has 0 saturated carbocycles. The molecule has 1 fully saturated rings. The van der Waals surface area contributed by atoms with Crippen LogP contribution in [-0.2, 0) is 11.3 Å². The van der Waals surface area contributed by atoms with Gasteiger partial charge in [0.15, 0.2) is 5.78 Å². The van der Waals surface area contributed by atoms with Gasteiger partial charge >= 0.3 is 6.09 Å². The lowest BCUT2D eigenvalue weighted by atomic mass is 9.89. The van der Waals surface area contributed by atoms with Gasteiger partial charge in [0.05, 0.1) is 18.5 Å². The third-order valence-electron chi connectivity index (χ3n) is 5.28. The number of nitrogens with zero attached hydrogens (tertiary/aromatic N) is 1. The first-order valence-electron chi connectivity index (χ1n) is 10.2. The highest BCUT2D eigenvalue weighted by Gasteiger charge is 2.47. The Bertz CT molecular complexity index is 950. The Hall–Kier alpha value is -3.02. The molecule has 6 heteroatoms. The molecule has 4 rings (SSSR count). The maximum Gasteiger partial charge on any atom is 0.410 e. The zero-order valence-electron chi connectivity index (χ0n) is 17.6. The van der Waals surface area contributed by atoms with E-state index in [0.29, 0.717) is 43.2 Å². The van der Waals surface area contributed by atoms with Gasteiger partial charge in [-0.3, -0.25) is 4.79 Å². The second kappa shape index (κ2) is 7.67. The van der Waals surface area contributed by atoms with E-state index in [1.807, 2.05) is 57.2 Å². The van der Waals surface area contributed by atoms with Gasteiger partial charge in [-0.1, -0.05) is 30.3 Å². The quantitative estimate of drug-likeness (QED) is 0.741. The Morgan fingerprint density at radius 3 is 2.67 bits per heavy atom. The van der Waals surface area contributed by atoms with Crippen molar-refractivity contribution in [2.45, 2.75) is 51.4 Å². The molecule has 2 aromatic rings. The minimum Gasteiger partial charge on any atom is -0.489 e. The van der Waals surface area contributed by atoms with Crippen molar-refractivity contribution in [3.8, 4) is 11.5 Å². The van der Waals surface area contributed by atoms with Crippen molar-refractivity contribution in [3.63, 3.8) is 0 Å². The topological polar surface area (TPSA) is 65.1 Å². The highest BCUT2D eigenvalue weighted by Crippen LogP contribution is 2.40. The lowest BCUT2D eigenvalue weighted by molar-refractivity contribution is 0.0171. The molecule has 0 radical (unpaired) electrons. The van der Waals surface area contributed by atoms with E-state index in [4.69, 9.17) is 14.2 Å². The molecule has 2 aromatic carbocycles. The summed E-state index contributed by atoms with van der Waals surface area (Å²) < 4.78 is 17.6. The molecule has 2 aliphatic rings. The van der Waals surface area contributed by atoms with Gasteiger partial charge in [0.25, 0.3) is 0 Å². The van der Waals surface area contributed by atoms with E-state index in [1.54, 1.807) is 17.0 Å². The highest BCUT2D eigenvalue weighted by molar-refractivity contribution is 6.00. The van der Waals surface area contributed by atoms with Crippen LogP contribution in [0.15, 0.2) is 48.5 Å². The number of rotatable bonds is 3. The molecule has 0 aromatic heterocycles. The van der Waals surface area contributed by atoms with E-state index in [-0.39, 0.29) is 18.3 Å². The van der Waals surface area contributed by atoms with E-state index in [2.05, 4.69) is 0 Å². The zero-order chi connectivity index (χ0) is 21.4. The monoisotopic (exact) mass is 409 g/mol. The second-order valence-corrected chi connectivity index (χ2v) is 8.97. The van der Waals surface area contributed by atoms with Crippen molar-refractivity contribution in [2.75, 3.05) is 13.1 Å². The predicted octanol–water partition coefficient (Wildman–Crippen LogP) is 4.61. The number of Topliss-reactive ketones (excluding diaryl/α,β-unsaturated/α-hetero) is 1. The van der Waals surface area contributed by atoms with Crippen molar-refractivity contribution >= 4 is 11.9 Å². The third kappa shape index (κ3) is 4.42.